The molecule has 2 aromatic rings. The van der Waals surface area contributed by atoms with Crippen LogP contribution in [-0.4, -0.2) is 18.2 Å². The zero-order valence-electron chi connectivity index (χ0n) is 15.4. The number of unbranched alkanes of at least 4 members (excludes halogenated alkanes) is 1. The second-order valence-electron chi connectivity index (χ2n) is 6.09. The van der Waals surface area contributed by atoms with Crippen molar-refractivity contribution in [1.82, 2.24) is 5.43 Å². The Balaban J connectivity index is 1.80. The molecular weight excluding hydrogens is 383 g/mol. The van der Waals surface area contributed by atoms with Crippen molar-refractivity contribution in [3.05, 3.63) is 64.1 Å². The lowest BCUT2D eigenvalue weighted by Gasteiger charge is -2.09. The monoisotopic (exact) mass is 406 g/mol. The van der Waals surface area contributed by atoms with Gasteiger partial charge in [-0.1, -0.05) is 66.9 Å². The van der Waals surface area contributed by atoms with E-state index in [0.29, 0.717) is 35.2 Å². The van der Waals surface area contributed by atoms with Gasteiger partial charge in [-0.15, -0.1) is 0 Å². The molecule has 27 heavy (non-hydrogen) atoms. The molecule has 4 nitrogen and oxygen atoms in total. The molecule has 0 fully saturated rings. The largest absolute Gasteiger partial charge is 0.492 e. The fourth-order valence-electron chi connectivity index (χ4n) is 2.43. The van der Waals surface area contributed by atoms with Gasteiger partial charge in [-0.05, 0) is 43.0 Å². The molecule has 0 radical (unpaired) electrons. The summed E-state index contributed by atoms with van der Waals surface area (Å²) in [5.74, 6) is 0.427. The van der Waals surface area contributed by atoms with E-state index in [2.05, 4.69) is 17.5 Å². The summed E-state index contributed by atoms with van der Waals surface area (Å²) in [6.07, 6.45) is 3.82. The van der Waals surface area contributed by atoms with Gasteiger partial charge in [-0.25, -0.2) is 5.43 Å². The SMILES string of the molecule is CCCCC(=NNC(=O)CCCOc1ccc(Cl)cc1Cl)c1ccccc1. The maximum atomic E-state index is 12.1. The third-order valence-corrected chi connectivity index (χ3v) is 4.42. The van der Waals surface area contributed by atoms with E-state index in [9.17, 15) is 4.79 Å². The highest BCUT2D eigenvalue weighted by molar-refractivity contribution is 6.35. The van der Waals surface area contributed by atoms with E-state index in [-0.39, 0.29) is 5.91 Å². The van der Waals surface area contributed by atoms with Crippen molar-refractivity contribution < 1.29 is 9.53 Å². The number of halogens is 2. The lowest BCUT2D eigenvalue weighted by atomic mass is 10.1. The van der Waals surface area contributed by atoms with Crippen LogP contribution in [0.3, 0.4) is 0 Å². The van der Waals surface area contributed by atoms with E-state index in [0.717, 1.165) is 30.5 Å². The summed E-state index contributed by atoms with van der Waals surface area (Å²) in [6.45, 7) is 2.52. The quantitative estimate of drug-likeness (QED) is 0.305. The van der Waals surface area contributed by atoms with Crippen LogP contribution in [0.4, 0.5) is 0 Å². The number of hydrogen-bond donors (Lipinski definition) is 1. The first-order valence-electron chi connectivity index (χ1n) is 9.09. The topological polar surface area (TPSA) is 50.7 Å². The molecule has 0 aromatic heterocycles. The molecule has 0 aliphatic carbocycles. The Hall–Kier alpha value is -2.04. The fourth-order valence-corrected chi connectivity index (χ4v) is 2.90. The van der Waals surface area contributed by atoms with E-state index in [1.165, 1.54) is 0 Å². The molecule has 1 amide bonds. The normalized spacial score (nSPS) is 11.3. The number of amides is 1. The van der Waals surface area contributed by atoms with Crippen LogP contribution in [0.5, 0.6) is 5.75 Å². The highest BCUT2D eigenvalue weighted by atomic mass is 35.5. The molecule has 0 saturated carbocycles. The number of hydrazone groups is 1. The molecule has 0 aliphatic heterocycles. The molecule has 0 atom stereocenters. The number of benzene rings is 2. The minimum absolute atomic E-state index is 0.134. The van der Waals surface area contributed by atoms with Crippen LogP contribution in [0.15, 0.2) is 53.6 Å². The second-order valence-corrected chi connectivity index (χ2v) is 6.93. The first kappa shape index (κ1) is 21.3. The fraction of sp³-hybridized carbons (Fsp3) is 0.333. The number of nitrogens with one attached hydrogen (secondary N) is 1. The van der Waals surface area contributed by atoms with Gasteiger partial charge in [0.1, 0.15) is 5.75 Å². The third kappa shape index (κ3) is 7.61. The smallest absolute Gasteiger partial charge is 0.240 e. The molecule has 1 N–H and O–H groups in total. The first-order valence-corrected chi connectivity index (χ1v) is 9.84. The van der Waals surface area contributed by atoms with E-state index in [1.807, 2.05) is 30.3 Å². The molecule has 0 aliphatic rings. The van der Waals surface area contributed by atoms with E-state index in [4.69, 9.17) is 27.9 Å². The molecule has 6 heteroatoms. The van der Waals surface area contributed by atoms with Crippen LogP contribution in [0.25, 0.3) is 0 Å². The Morgan fingerprint density at radius 1 is 1.07 bits per heavy atom. The van der Waals surface area contributed by atoms with Gasteiger partial charge in [0.25, 0.3) is 0 Å². The van der Waals surface area contributed by atoms with Crippen molar-refractivity contribution in [2.75, 3.05) is 6.61 Å². The van der Waals surface area contributed by atoms with Gasteiger partial charge in [0.2, 0.25) is 5.91 Å². The maximum absolute atomic E-state index is 12.1. The van der Waals surface area contributed by atoms with Crippen molar-refractivity contribution in [3.8, 4) is 5.75 Å². The van der Waals surface area contributed by atoms with Crippen LogP contribution < -0.4 is 10.2 Å². The Bertz CT molecular complexity index is 764. The summed E-state index contributed by atoms with van der Waals surface area (Å²) in [7, 11) is 0. The van der Waals surface area contributed by atoms with Gasteiger partial charge < -0.3 is 4.74 Å². The van der Waals surface area contributed by atoms with Gasteiger partial charge in [-0.2, -0.15) is 5.10 Å². The zero-order valence-corrected chi connectivity index (χ0v) is 16.9. The van der Waals surface area contributed by atoms with Gasteiger partial charge in [-0.3, -0.25) is 4.79 Å². The average Bonchev–Trinajstić information content (AvgIpc) is 2.67. The van der Waals surface area contributed by atoms with Gasteiger partial charge in [0, 0.05) is 11.4 Å². The third-order valence-electron chi connectivity index (χ3n) is 3.89. The van der Waals surface area contributed by atoms with Crippen LogP contribution in [0, 0.1) is 0 Å². The number of ether oxygens (including phenoxy) is 1. The molecule has 0 spiro atoms. The lowest BCUT2D eigenvalue weighted by molar-refractivity contribution is -0.121. The van der Waals surface area contributed by atoms with Gasteiger partial charge in [0.05, 0.1) is 17.3 Å². The standard InChI is InChI=1S/C21H24Cl2N2O2/c1-2-3-10-19(16-8-5-4-6-9-16)24-25-21(26)11-7-14-27-20-13-12-17(22)15-18(20)23/h4-6,8-9,12-13,15H,2-3,7,10-11,14H2,1H3,(H,25,26). The predicted molar refractivity (Wildman–Crippen MR) is 112 cm³/mol. The lowest BCUT2D eigenvalue weighted by Crippen LogP contribution is -2.20. The van der Waals surface area contributed by atoms with Crippen molar-refractivity contribution in [3.63, 3.8) is 0 Å². The Morgan fingerprint density at radius 3 is 2.56 bits per heavy atom. The highest BCUT2D eigenvalue weighted by Crippen LogP contribution is 2.27. The number of carbonyl (C=O) groups is 1. The van der Waals surface area contributed by atoms with Gasteiger partial charge in [0.15, 0.2) is 0 Å². The van der Waals surface area contributed by atoms with E-state index < -0.39 is 0 Å². The van der Waals surface area contributed by atoms with Crippen LogP contribution in [-0.2, 0) is 4.79 Å². The average molecular weight is 407 g/mol. The molecule has 0 unspecified atom stereocenters. The van der Waals surface area contributed by atoms with Crippen molar-refractivity contribution in [2.24, 2.45) is 5.10 Å². The minimum atomic E-state index is -0.134. The molecule has 0 heterocycles. The molecular formula is C21H24Cl2N2O2. The van der Waals surface area contributed by atoms with Crippen LogP contribution in [0.2, 0.25) is 10.0 Å². The Labute approximate surface area is 170 Å². The molecule has 144 valence electrons. The predicted octanol–water partition coefficient (Wildman–Crippen LogP) is 5.86. The summed E-state index contributed by atoms with van der Waals surface area (Å²) < 4.78 is 5.58. The number of rotatable bonds is 10. The summed E-state index contributed by atoms with van der Waals surface area (Å²) >= 11 is 11.9. The van der Waals surface area contributed by atoms with E-state index >= 15 is 0 Å². The zero-order chi connectivity index (χ0) is 19.5. The number of nitrogens with zero attached hydrogens (tertiary/aromatic N) is 1. The molecule has 2 aromatic carbocycles. The van der Waals surface area contributed by atoms with Crippen LogP contribution >= 0.6 is 23.2 Å². The highest BCUT2D eigenvalue weighted by Gasteiger charge is 2.06. The summed E-state index contributed by atoms with van der Waals surface area (Å²) in [4.78, 5) is 12.1. The van der Waals surface area contributed by atoms with Crippen LogP contribution in [0.1, 0.15) is 44.6 Å². The first-order chi connectivity index (χ1) is 13.1. The summed E-state index contributed by atoms with van der Waals surface area (Å²) in [5.41, 5.74) is 4.59. The molecule has 0 bridgehead atoms. The number of hydrogen-bond acceptors (Lipinski definition) is 3. The van der Waals surface area contributed by atoms with Crippen molar-refractivity contribution in [1.29, 1.82) is 0 Å². The van der Waals surface area contributed by atoms with E-state index in [1.54, 1.807) is 18.2 Å². The molecule has 2 rings (SSSR count). The van der Waals surface area contributed by atoms with Gasteiger partial charge >= 0.3 is 0 Å². The van der Waals surface area contributed by atoms with Crippen molar-refractivity contribution in [2.45, 2.75) is 39.0 Å². The maximum Gasteiger partial charge on any atom is 0.240 e. The second kappa shape index (κ2) is 11.6. The molecule has 0 saturated heterocycles. The number of carbonyl (C=O) groups excluding carboxylic acids is 1. The Morgan fingerprint density at radius 2 is 1.85 bits per heavy atom. The minimum Gasteiger partial charge on any atom is -0.492 e. The summed E-state index contributed by atoms with van der Waals surface area (Å²) in [5, 5.41) is 5.35. The Kier molecular flexibility index (Phi) is 9.16. The summed E-state index contributed by atoms with van der Waals surface area (Å²) in [6, 6.07) is 15.0. The van der Waals surface area contributed by atoms with Crippen molar-refractivity contribution >= 4 is 34.8 Å².